The Morgan fingerprint density at radius 2 is 1.69 bits per heavy atom. The average Bonchev–Trinajstić information content (AvgIpc) is 2.76. The summed E-state index contributed by atoms with van der Waals surface area (Å²) in [5, 5.41) is 3.97. The molecule has 1 amide bonds. The van der Waals surface area contributed by atoms with Crippen molar-refractivity contribution in [1.29, 1.82) is 0 Å². The van der Waals surface area contributed by atoms with Crippen molar-refractivity contribution < 1.29 is 19.1 Å². The summed E-state index contributed by atoms with van der Waals surface area (Å²) >= 11 is 3.38. The third kappa shape index (κ3) is 5.52. The molecule has 0 saturated heterocycles. The summed E-state index contributed by atoms with van der Waals surface area (Å²) in [7, 11) is 1.56. The van der Waals surface area contributed by atoms with Crippen LogP contribution in [-0.2, 0) is 0 Å². The van der Waals surface area contributed by atoms with E-state index in [2.05, 4.69) is 26.5 Å². The Balaban J connectivity index is 1.71. The van der Waals surface area contributed by atoms with E-state index in [1.54, 1.807) is 73.8 Å². The highest BCUT2D eigenvalue weighted by molar-refractivity contribution is 9.10. The van der Waals surface area contributed by atoms with Gasteiger partial charge in [-0.15, -0.1) is 0 Å². The molecule has 146 valence electrons. The first-order chi connectivity index (χ1) is 14.1. The van der Waals surface area contributed by atoms with Gasteiger partial charge in [-0.05, 0) is 54.6 Å². The first-order valence-electron chi connectivity index (χ1n) is 8.61. The van der Waals surface area contributed by atoms with Gasteiger partial charge in [-0.3, -0.25) is 4.79 Å². The number of methoxy groups -OCH3 is 1. The highest BCUT2D eigenvalue weighted by atomic mass is 79.9. The zero-order chi connectivity index (χ0) is 20.6. The molecule has 7 heteroatoms. The minimum absolute atomic E-state index is 0.324. The lowest BCUT2D eigenvalue weighted by Gasteiger charge is -2.08. The lowest BCUT2D eigenvalue weighted by Crippen LogP contribution is -2.17. The van der Waals surface area contributed by atoms with Crippen LogP contribution in [0.1, 0.15) is 26.3 Å². The summed E-state index contributed by atoms with van der Waals surface area (Å²) in [5.41, 5.74) is 3.85. The van der Waals surface area contributed by atoms with Crippen LogP contribution in [0.4, 0.5) is 0 Å². The van der Waals surface area contributed by atoms with E-state index in [0.29, 0.717) is 28.2 Å². The van der Waals surface area contributed by atoms with Crippen LogP contribution in [0.5, 0.6) is 11.5 Å². The Morgan fingerprint density at radius 1 is 0.966 bits per heavy atom. The van der Waals surface area contributed by atoms with Crippen LogP contribution >= 0.6 is 15.9 Å². The maximum atomic E-state index is 12.3. The van der Waals surface area contributed by atoms with Crippen LogP contribution in [0, 0.1) is 0 Å². The molecule has 0 radical (unpaired) electrons. The van der Waals surface area contributed by atoms with Crippen molar-refractivity contribution in [3.63, 3.8) is 0 Å². The lowest BCUT2D eigenvalue weighted by molar-refractivity contribution is 0.0734. The highest BCUT2D eigenvalue weighted by Crippen LogP contribution is 2.23. The van der Waals surface area contributed by atoms with Gasteiger partial charge in [0.15, 0.2) is 0 Å². The second-order valence-electron chi connectivity index (χ2n) is 5.87. The number of carbonyl (C=O) groups is 2. The van der Waals surface area contributed by atoms with Gasteiger partial charge in [-0.1, -0.05) is 34.1 Å². The number of nitrogens with zero attached hydrogens (tertiary/aromatic N) is 1. The fourth-order valence-electron chi connectivity index (χ4n) is 2.41. The molecule has 0 spiro atoms. The van der Waals surface area contributed by atoms with Gasteiger partial charge in [0, 0.05) is 15.6 Å². The number of carbonyl (C=O) groups excluding carboxylic acids is 2. The number of hydrogen-bond donors (Lipinski definition) is 1. The second-order valence-corrected chi connectivity index (χ2v) is 6.78. The van der Waals surface area contributed by atoms with Gasteiger partial charge >= 0.3 is 5.97 Å². The van der Waals surface area contributed by atoms with Crippen molar-refractivity contribution in [3.05, 3.63) is 94.0 Å². The van der Waals surface area contributed by atoms with Gasteiger partial charge in [0.25, 0.3) is 5.91 Å². The Kier molecular flexibility index (Phi) is 6.76. The molecule has 6 nitrogen and oxygen atoms in total. The van der Waals surface area contributed by atoms with E-state index in [9.17, 15) is 9.59 Å². The fourth-order valence-corrected chi connectivity index (χ4v) is 2.79. The molecular weight excluding hydrogens is 436 g/mol. The molecular formula is C22H17BrN2O4. The molecule has 29 heavy (non-hydrogen) atoms. The first kappa shape index (κ1) is 20.3. The number of benzene rings is 3. The average molecular weight is 453 g/mol. The van der Waals surface area contributed by atoms with Gasteiger partial charge in [-0.25, -0.2) is 10.2 Å². The fraction of sp³-hybridized carbons (Fsp3) is 0.0455. The number of rotatable bonds is 6. The first-order valence-corrected chi connectivity index (χ1v) is 9.40. The molecule has 0 bridgehead atoms. The number of hydrazone groups is 1. The third-order valence-electron chi connectivity index (χ3n) is 3.91. The normalized spacial score (nSPS) is 10.6. The largest absolute Gasteiger partial charge is 0.497 e. The molecule has 0 fully saturated rings. The second kappa shape index (κ2) is 9.66. The van der Waals surface area contributed by atoms with Crippen molar-refractivity contribution in [1.82, 2.24) is 5.43 Å². The number of esters is 1. The van der Waals surface area contributed by atoms with Gasteiger partial charge in [0.2, 0.25) is 0 Å². The quantitative estimate of drug-likeness (QED) is 0.259. The van der Waals surface area contributed by atoms with E-state index >= 15 is 0 Å². The topological polar surface area (TPSA) is 77.0 Å². The zero-order valence-corrected chi connectivity index (χ0v) is 17.0. The number of hydrogen-bond acceptors (Lipinski definition) is 5. The summed E-state index contributed by atoms with van der Waals surface area (Å²) in [6.45, 7) is 0. The molecule has 1 N–H and O–H groups in total. The number of ether oxygens (including phenoxy) is 2. The molecule has 0 heterocycles. The number of halogens is 1. The zero-order valence-electron chi connectivity index (χ0n) is 15.5. The lowest BCUT2D eigenvalue weighted by atomic mass is 10.2. The summed E-state index contributed by atoms with van der Waals surface area (Å²) in [6.07, 6.45) is 1.42. The van der Waals surface area contributed by atoms with E-state index in [1.807, 2.05) is 6.07 Å². The number of nitrogens with one attached hydrogen (secondary N) is 1. The van der Waals surface area contributed by atoms with E-state index < -0.39 is 5.97 Å². The Hall–Kier alpha value is -3.45. The van der Waals surface area contributed by atoms with E-state index in [0.717, 1.165) is 4.47 Å². The van der Waals surface area contributed by atoms with E-state index in [-0.39, 0.29) is 5.91 Å². The number of amides is 1. The van der Waals surface area contributed by atoms with Crippen LogP contribution < -0.4 is 14.9 Å². The van der Waals surface area contributed by atoms with Gasteiger partial charge in [0.05, 0.1) is 18.9 Å². The highest BCUT2D eigenvalue weighted by Gasteiger charge is 2.11. The van der Waals surface area contributed by atoms with Crippen molar-refractivity contribution in [2.75, 3.05) is 7.11 Å². The summed E-state index contributed by atoms with van der Waals surface area (Å²) < 4.78 is 11.3. The molecule has 0 unspecified atom stereocenters. The molecule has 0 aliphatic carbocycles. The SMILES string of the molecule is COc1ccc(C(=O)N/N=C/c2cc(Br)ccc2OC(=O)c2ccccc2)cc1. The molecule has 3 aromatic rings. The molecule has 0 aliphatic heterocycles. The van der Waals surface area contributed by atoms with Gasteiger partial charge in [0.1, 0.15) is 11.5 Å². The molecule has 3 rings (SSSR count). The predicted octanol–water partition coefficient (Wildman–Crippen LogP) is 4.44. The summed E-state index contributed by atoms with van der Waals surface area (Å²) in [5.74, 6) is 0.125. The van der Waals surface area contributed by atoms with Crippen LogP contribution in [0.3, 0.4) is 0 Å². The van der Waals surface area contributed by atoms with Gasteiger partial charge in [-0.2, -0.15) is 5.10 Å². The van der Waals surface area contributed by atoms with Crippen LogP contribution in [0.2, 0.25) is 0 Å². The molecule has 0 aliphatic rings. The van der Waals surface area contributed by atoms with Crippen LogP contribution in [0.25, 0.3) is 0 Å². The van der Waals surface area contributed by atoms with E-state index in [1.165, 1.54) is 6.21 Å². The van der Waals surface area contributed by atoms with Crippen LogP contribution in [-0.4, -0.2) is 25.2 Å². The maximum absolute atomic E-state index is 12.3. The Morgan fingerprint density at radius 3 is 2.38 bits per heavy atom. The smallest absolute Gasteiger partial charge is 0.343 e. The van der Waals surface area contributed by atoms with Crippen molar-refractivity contribution in [2.24, 2.45) is 5.10 Å². The molecule has 3 aromatic carbocycles. The Labute approximate surface area is 176 Å². The molecule has 0 saturated carbocycles. The van der Waals surface area contributed by atoms with Gasteiger partial charge < -0.3 is 9.47 Å². The predicted molar refractivity (Wildman–Crippen MR) is 114 cm³/mol. The molecule has 0 atom stereocenters. The van der Waals surface area contributed by atoms with E-state index in [4.69, 9.17) is 9.47 Å². The molecule has 0 aromatic heterocycles. The van der Waals surface area contributed by atoms with Crippen LogP contribution in [0.15, 0.2) is 82.4 Å². The summed E-state index contributed by atoms with van der Waals surface area (Å²) in [4.78, 5) is 24.5. The third-order valence-corrected chi connectivity index (χ3v) is 4.40. The monoisotopic (exact) mass is 452 g/mol. The minimum Gasteiger partial charge on any atom is -0.497 e. The summed E-state index contributed by atoms with van der Waals surface area (Å²) in [6, 6.07) is 20.5. The Bertz CT molecular complexity index is 1030. The van der Waals surface area contributed by atoms with Crippen molar-refractivity contribution >= 4 is 34.0 Å². The standard InChI is InChI=1S/C22H17BrN2O4/c1-28-19-10-7-15(8-11-19)21(26)25-24-14-17-13-18(23)9-12-20(17)29-22(27)16-5-3-2-4-6-16/h2-14H,1H3,(H,25,26)/b24-14+. The van der Waals surface area contributed by atoms with Crippen molar-refractivity contribution in [3.8, 4) is 11.5 Å². The van der Waals surface area contributed by atoms with Crippen molar-refractivity contribution in [2.45, 2.75) is 0 Å². The minimum atomic E-state index is -0.482. The maximum Gasteiger partial charge on any atom is 0.343 e.